The molecule has 3 nitrogen and oxygen atoms in total. The van der Waals surface area contributed by atoms with Gasteiger partial charge in [0.05, 0.1) is 0 Å². The first kappa shape index (κ1) is 16.5. The van der Waals surface area contributed by atoms with Crippen LogP contribution in [0.4, 0.5) is 0 Å². The third kappa shape index (κ3) is 5.51. The molecule has 0 spiro atoms. The Hall–Kier alpha value is -0.580. The number of aryl methyl sites for hydroxylation is 1. The van der Waals surface area contributed by atoms with Crippen molar-refractivity contribution in [3.8, 4) is 0 Å². The van der Waals surface area contributed by atoms with Gasteiger partial charge in [-0.05, 0) is 49.2 Å². The largest absolute Gasteiger partial charge is 0.356 e. The molecule has 1 saturated heterocycles. The summed E-state index contributed by atoms with van der Waals surface area (Å²) in [5, 5.41) is 8.51. The van der Waals surface area contributed by atoms with Gasteiger partial charge in [-0.15, -0.1) is 23.7 Å². The van der Waals surface area contributed by atoms with Crippen LogP contribution in [0.2, 0.25) is 0 Å². The summed E-state index contributed by atoms with van der Waals surface area (Å²) < 4.78 is 0. The zero-order valence-electron chi connectivity index (χ0n) is 11.4. The highest BCUT2D eigenvalue weighted by Crippen LogP contribution is 2.26. The Morgan fingerprint density at radius 2 is 2.21 bits per heavy atom. The molecule has 2 N–H and O–H groups in total. The molecule has 0 aliphatic carbocycles. The van der Waals surface area contributed by atoms with Crippen LogP contribution in [0.5, 0.6) is 0 Å². The summed E-state index contributed by atoms with van der Waals surface area (Å²) in [5.74, 6) is 0.183. The second-order valence-corrected chi connectivity index (χ2v) is 6.45. The lowest BCUT2D eigenvalue weighted by atomic mass is 9.81. The molecule has 1 amide bonds. The van der Waals surface area contributed by atoms with Gasteiger partial charge in [-0.3, -0.25) is 4.79 Å². The monoisotopic (exact) mass is 302 g/mol. The van der Waals surface area contributed by atoms with E-state index in [1.54, 1.807) is 11.3 Å². The third-order valence-electron chi connectivity index (χ3n) is 3.70. The number of carbonyl (C=O) groups excluding carboxylic acids is 1. The van der Waals surface area contributed by atoms with Gasteiger partial charge in [-0.1, -0.05) is 13.0 Å². The summed E-state index contributed by atoms with van der Waals surface area (Å²) in [4.78, 5) is 13.1. The molecule has 0 saturated carbocycles. The van der Waals surface area contributed by atoms with Crippen molar-refractivity contribution in [1.82, 2.24) is 10.6 Å². The standard InChI is InChI=1S/C14H22N2OS.ClH/c1-14(6-8-15-9-7-14)11-16-13(17)5-4-12-3-2-10-18-12;/h2-3,10,15H,4-9,11H2,1H3,(H,16,17);1H. The minimum atomic E-state index is 0. The average Bonchev–Trinajstić information content (AvgIpc) is 2.88. The first-order chi connectivity index (χ1) is 8.68. The molecule has 1 aliphatic rings. The molecular weight excluding hydrogens is 280 g/mol. The minimum Gasteiger partial charge on any atom is -0.356 e. The quantitative estimate of drug-likeness (QED) is 0.878. The van der Waals surface area contributed by atoms with Gasteiger partial charge >= 0.3 is 0 Å². The van der Waals surface area contributed by atoms with Crippen LogP contribution in [-0.4, -0.2) is 25.5 Å². The molecule has 1 aromatic rings. The van der Waals surface area contributed by atoms with E-state index in [0.717, 1.165) is 38.9 Å². The molecule has 0 unspecified atom stereocenters. The summed E-state index contributed by atoms with van der Waals surface area (Å²) in [6.45, 7) is 5.23. The Morgan fingerprint density at radius 3 is 2.84 bits per heavy atom. The lowest BCUT2D eigenvalue weighted by Gasteiger charge is -2.34. The molecule has 19 heavy (non-hydrogen) atoms. The lowest BCUT2D eigenvalue weighted by Crippen LogP contribution is -2.42. The summed E-state index contributed by atoms with van der Waals surface area (Å²) in [5.41, 5.74) is 0.282. The van der Waals surface area contributed by atoms with Crippen molar-refractivity contribution in [3.63, 3.8) is 0 Å². The van der Waals surface area contributed by atoms with Gasteiger partial charge in [0.15, 0.2) is 0 Å². The van der Waals surface area contributed by atoms with Crippen LogP contribution in [0.3, 0.4) is 0 Å². The van der Waals surface area contributed by atoms with E-state index in [2.05, 4.69) is 29.0 Å². The SMILES string of the molecule is CC1(CNC(=O)CCc2cccs2)CCNCC1.Cl. The topological polar surface area (TPSA) is 41.1 Å². The smallest absolute Gasteiger partial charge is 0.220 e. The second-order valence-electron chi connectivity index (χ2n) is 5.42. The summed E-state index contributed by atoms with van der Waals surface area (Å²) >= 11 is 1.72. The van der Waals surface area contributed by atoms with Crippen molar-refractivity contribution in [1.29, 1.82) is 0 Å². The van der Waals surface area contributed by atoms with Gasteiger partial charge in [0.2, 0.25) is 5.91 Å². The zero-order valence-corrected chi connectivity index (χ0v) is 13.0. The van der Waals surface area contributed by atoms with Crippen molar-refractivity contribution >= 4 is 29.7 Å². The number of halogens is 1. The van der Waals surface area contributed by atoms with Gasteiger partial charge < -0.3 is 10.6 Å². The molecule has 5 heteroatoms. The fourth-order valence-corrected chi connectivity index (χ4v) is 3.01. The highest BCUT2D eigenvalue weighted by Gasteiger charge is 2.26. The van der Waals surface area contributed by atoms with Gasteiger partial charge in [0, 0.05) is 17.8 Å². The van der Waals surface area contributed by atoms with E-state index < -0.39 is 0 Å². The van der Waals surface area contributed by atoms with Crippen molar-refractivity contribution < 1.29 is 4.79 Å². The molecule has 1 aliphatic heterocycles. The van der Waals surface area contributed by atoms with Crippen LogP contribution < -0.4 is 10.6 Å². The van der Waals surface area contributed by atoms with Crippen molar-refractivity contribution in [2.75, 3.05) is 19.6 Å². The van der Waals surface area contributed by atoms with Gasteiger partial charge in [-0.2, -0.15) is 0 Å². The number of hydrogen-bond acceptors (Lipinski definition) is 3. The first-order valence-electron chi connectivity index (χ1n) is 6.68. The van der Waals surface area contributed by atoms with Crippen molar-refractivity contribution in [3.05, 3.63) is 22.4 Å². The Labute approximate surface area is 125 Å². The van der Waals surface area contributed by atoms with E-state index in [-0.39, 0.29) is 23.7 Å². The fourth-order valence-electron chi connectivity index (χ4n) is 2.30. The van der Waals surface area contributed by atoms with Crippen LogP contribution in [0.1, 0.15) is 31.1 Å². The minimum absolute atomic E-state index is 0. The van der Waals surface area contributed by atoms with Crippen LogP contribution in [-0.2, 0) is 11.2 Å². The van der Waals surface area contributed by atoms with E-state index in [0.29, 0.717) is 6.42 Å². The molecule has 2 heterocycles. The Kier molecular flexibility index (Phi) is 6.83. The average molecular weight is 303 g/mol. The van der Waals surface area contributed by atoms with Crippen molar-refractivity contribution in [2.24, 2.45) is 5.41 Å². The number of thiophene rings is 1. The van der Waals surface area contributed by atoms with Gasteiger partial charge in [0.25, 0.3) is 0 Å². The second kappa shape index (κ2) is 7.88. The van der Waals surface area contributed by atoms with Crippen molar-refractivity contribution in [2.45, 2.75) is 32.6 Å². The number of rotatable bonds is 5. The van der Waals surface area contributed by atoms with E-state index in [9.17, 15) is 4.79 Å². The highest BCUT2D eigenvalue weighted by molar-refractivity contribution is 7.09. The van der Waals surface area contributed by atoms with Crippen LogP contribution >= 0.6 is 23.7 Å². The molecule has 0 atom stereocenters. The number of amides is 1. The number of carbonyl (C=O) groups is 1. The molecule has 1 fully saturated rings. The van der Waals surface area contributed by atoms with Gasteiger partial charge in [0.1, 0.15) is 0 Å². The van der Waals surface area contributed by atoms with Crippen LogP contribution in [0.15, 0.2) is 17.5 Å². The molecule has 108 valence electrons. The summed E-state index contributed by atoms with van der Waals surface area (Å²) in [6, 6.07) is 4.13. The molecule has 1 aromatic heterocycles. The predicted molar refractivity (Wildman–Crippen MR) is 83.1 cm³/mol. The molecule has 0 radical (unpaired) electrons. The Morgan fingerprint density at radius 1 is 1.47 bits per heavy atom. The third-order valence-corrected chi connectivity index (χ3v) is 4.64. The maximum Gasteiger partial charge on any atom is 0.220 e. The fraction of sp³-hybridized carbons (Fsp3) is 0.643. The normalized spacial score (nSPS) is 17.5. The summed E-state index contributed by atoms with van der Waals surface area (Å²) in [6.07, 6.45) is 3.77. The predicted octanol–water partition coefficient (Wildman–Crippen LogP) is 2.61. The van der Waals surface area contributed by atoms with E-state index in [4.69, 9.17) is 0 Å². The van der Waals surface area contributed by atoms with E-state index >= 15 is 0 Å². The summed E-state index contributed by atoms with van der Waals surface area (Å²) in [7, 11) is 0. The van der Waals surface area contributed by atoms with Crippen LogP contribution in [0, 0.1) is 5.41 Å². The Balaban J connectivity index is 0.00000180. The number of nitrogens with one attached hydrogen (secondary N) is 2. The maximum absolute atomic E-state index is 11.8. The molecule has 0 aromatic carbocycles. The molecular formula is C14H23ClN2OS. The number of piperidine rings is 1. The van der Waals surface area contributed by atoms with Gasteiger partial charge in [-0.25, -0.2) is 0 Å². The molecule has 2 rings (SSSR count). The van der Waals surface area contributed by atoms with E-state index in [1.165, 1.54) is 4.88 Å². The molecule has 0 bridgehead atoms. The lowest BCUT2D eigenvalue weighted by molar-refractivity contribution is -0.121. The highest BCUT2D eigenvalue weighted by atomic mass is 35.5. The maximum atomic E-state index is 11.8. The van der Waals surface area contributed by atoms with E-state index in [1.807, 2.05) is 6.07 Å². The number of hydrogen-bond donors (Lipinski definition) is 2. The first-order valence-corrected chi connectivity index (χ1v) is 7.56. The van der Waals surface area contributed by atoms with Crippen LogP contribution in [0.25, 0.3) is 0 Å². The zero-order chi connectivity index (χ0) is 12.8. The Bertz CT molecular complexity index is 375.